The molecule has 1 aliphatic rings. The van der Waals surface area contributed by atoms with E-state index in [9.17, 15) is 4.79 Å². The molecule has 3 aromatic carbocycles. The third-order valence-electron chi connectivity index (χ3n) is 4.77. The molecule has 3 aromatic rings. The van der Waals surface area contributed by atoms with Crippen molar-refractivity contribution in [2.45, 2.75) is 19.3 Å². The molecular formula is C20H16O. The molecule has 4 rings (SSSR count). The van der Waals surface area contributed by atoms with E-state index in [1.807, 2.05) is 18.2 Å². The Labute approximate surface area is 124 Å². The molecule has 0 saturated heterocycles. The Morgan fingerprint density at radius 3 is 2.24 bits per heavy atom. The standard InChI is InChI=1S/C20H16O/c1-13-9-11-15(12-10-13)20(2)17-8-4-6-14-5-3-7-16(18(14)17)19(20)21/h3-12H,1-2H3. The van der Waals surface area contributed by atoms with Crippen LogP contribution in [0.3, 0.4) is 0 Å². The molecule has 102 valence electrons. The third kappa shape index (κ3) is 1.49. The topological polar surface area (TPSA) is 17.1 Å². The monoisotopic (exact) mass is 272 g/mol. The maximum absolute atomic E-state index is 13.1. The van der Waals surface area contributed by atoms with Crippen molar-refractivity contribution in [3.8, 4) is 0 Å². The number of ketones is 1. The average molecular weight is 272 g/mol. The molecule has 0 aliphatic heterocycles. The van der Waals surface area contributed by atoms with Gasteiger partial charge < -0.3 is 0 Å². The maximum Gasteiger partial charge on any atom is 0.178 e. The number of rotatable bonds is 1. The molecule has 1 atom stereocenters. The summed E-state index contributed by atoms with van der Waals surface area (Å²) in [5, 5.41) is 2.27. The highest BCUT2D eigenvalue weighted by Crippen LogP contribution is 2.46. The van der Waals surface area contributed by atoms with Gasteiger partial charge in [0.05, 0.1) is 5.41 Å². The molecule has 0 N–H and O–H groups in total. The van der Waals surface area contributed by atoms with Crippen molar-refractivity contribution < 1.29 is 4.79 Å². The summed E-state index contributed by atoms with van der Waals surface area (Å²) in [5.41, 5.74) is 3.69. The van der Waals surface area contributed by atoms with Crippen LogP contribution in [0.2, 0.25) is 0 Å². The zero-order chi connectivity index (χ0) is 14.6. The molecule has 0 bridgehead atoms. The average Bonchev–Trinajstić information content (AvgIpc) is 2.74. The molecule has 0 saturated carbocycles. The van der Waals surface area contributed by atoms with Crippen LogP contribution < -0.4 is 0 Å². The fraction of sp³-hybridized carbons (Fsp3) is 0.150. The van der Waals surface area contributed by atoms with Crippen molar-refractivity contribution in [2.24, 2.45) is 0 Å². The number of hydrogen-bond acceptors (Lipinski definition) is 1. The van der Waals surface area contributed by atoms with Gasteiger partial charge >= 0.3 is 0 Å². The van der Waals surface area contributed by atoms with Crippen molar-refractivity contribution in [3.63, 3.8) is 0 Å². The normalized spacial score (nSPS) is 20.2. The van der Waals surface area contributed by atoms with Gasteiger partial charge in [-0.3, -0.25) is 4.79 Å². The summed E-state index contributed by atoms with van der Waals surface area (Å²) < 4.78 is 0. The Morgan fingerprint density at radius 2 is 1.52 bits per heavy atom. The van der Waals surface area contributed by atoms with E-state index < -0.39 is 5.41 Å². The summed E-state index contributed by atoms with van der Waals surface area (Å²) >= 11 is 0. The molecule has 0 heterocycles. The van der Waals surface area contributed by atoms with Crippen LogP contribution in [0.5, 0.6) is 0 Å². The van der Waals surface area contributed by atoms with Gasteiger partial charge in [-0.15, -0.1) is 0 Å². The molecule has 0 spiro atoms. The molecular weight excluding hydrogens is 256 g/mol. The Bertz CT molecular complexity index is 869. The van der Waals surface area contributed by atoms with Crippen LogP contribution in [-0.2, 0) is 5.41 Å². The highest BCUT2D eigenvalue weighted by atomic mass is 16.1. The quantitative estimate of drug-likeness (QED) is 0.630. The van der Waals surface area contributed by atoms with Crippen molar-refractivity contribution in [2.75, 3.05) is 0 Å². The lowest BCUT2D eigenvalue weighted by Crippen LogP contribution is -2.29. The first-order valence-electron chi connectivity index (χ1n) is 7.26. The van der Waals surface area contributed by atoms with Crippen molar-refractivity contribution >= 4 is 16.6 Å². The van der Waals surface area contributed by atoms with Crippen LogP contribution in [0.25, 0.3) is 10.8 Å². The van der Waals surface area contributed by atoms with Gasteiger partial charge in [0.25, 0.3) is 0 Å². The van der Waals surface area contributed by atoms with Crippen molar-refractivity contribution in [1.82, 2.24) is 0 Å². The molecule has 1 aliphatic carbocycles. The van der Waals surface area contributed by atoms with Crippen molar-refractivity contribution in [3.05, 3.63) is 82.9 Å². The lowest BCUT2D eigenvalue weighted by Gasteiger charge is -2.25. The maximum atomic E-state index is 13.1. The van der Waals surface area contributed by atoms with Crippen molar-refractivity contribution in [1.29, 1.82) is 0 Å². The molecule has 1 unspecified atom stereocenters. The molecule has 0 amide bonds. The molecule has 1 heteroatoms. The minimum Gasteiger partial charge on any atom is -0.293 e. The number of Topliss-reactive ketones (excluding diaryl/α,β-unsaturated/α-hetero) is 1. The van der Waals surface area contributed by atoms with E-state index in [4.69, 9.17) is 0 Å². The first-order valence-corrected chi connectivity index (χ1v) is 7.26. The van der Waals surface area contributed by atoms with Gasteiger partial charge in [-0.2, -0.15) is 0 Å². The number of carbonyl (C=O) groups excluding carboxylic acids is 1. The SMILES string of the molecule is Cc1ccc(C2(C)C(=O)c3cccc4cccc2c34)cc1. The van der Waals surface area contributed by atoms with Crippen LogP contribution in [0, 0.1) is 6.92 Å². The second kappa shape index (κ2) is 4.05. The van der Waals surface area contributed by atoms with Gasteiger partial charge in [-0.05, 0) is 35.7 Å². The van der Waals surface area contributed by atoms with Crippen LogP contribution in [-0.4, -0.2) is 5.78 Å². The van der Waals surface area contributed by atoms with E-state index in [1.165, 1.54) is 5.56 Å². The number of carbonyl (C=O) groups is 1. The summed E-state index contributed by atoms with van der Waals surface area (Å²) in [4.78, 5) is 13.1. The highest BCUT2D eigenvalue weighted by Gasteiger charge is 2.44. The first kappa shape index (κ1) is 12.3. The Morgan fingerprint density at radius 1 is 0.857 bits per heavy atom. The molecule has 21 heavy (non-hydrogen) atoms. The van der Waals surface area contributed by atoms with E-state index >= 15 is 0 Å². The summed E-state index contributed by atoms with van der Waals surface area (Å²) in [7, 11) is 0. The van der Waals surface area contributed by atoms with Gasteiger partial charge in [0.1, 0.15) is 0 Å². The molecule has 0 radical (unpaired) electrons. The van der Waals surface area contributed by atoms with Crippen LogP contribution in [0.4, 0.5) is 0 Å². The smallest absolute Gasteiger partial charge is 0.178 e. The lowest BCUT2D eigenvalue weighted by molar-refractivity contribution is 0.0933. The Hall–Kier alpha value is -2.41. The lowest BCUT2D eigenvalue weighted by atomic mass is 9.75. The summed E-state index contributed by atoms with van der Waals surface area (Å²) in [6, 6.07) is 20.5. The number of benzene rings is 3. The van der Waals surface area contributed by atoms with E-state index in [1.54, 1.807) is 0 Å². The fourth-order valence-corrected chi connectivity index (χ4v) is 3.51. The first-order chi connectivity index (χ1) is 10.1. The van der Waals surface area contributed by atoms with Crippen LogP contribution >= 0.6 is 0 Å². The van der Waals surface area contributed by atoms with Gasteiger partial charge in [-0.25, -0.2) is 0 Å². The van der Waals surface area contributed by atoms with E-state index in [0.29, 0.717) is 0 Å². The van der Waals surface area contributed by atoms with Gasteiger partial charge in [0, 0.05) is 5.56 Å². The van der Waals surface area contributed by atoms with Gasteiger partial charge in [-0.1, -0.05) is 66.2 Å². The van der Waals surface area contributed by atoms with E-state index in [2.05, 4.69) is 56.3 Å². The van der Waals surface area contributed by atoms with E-state index in [-0.39, 0.29) is 5.78 Å². The van der Waals surface area contributed by atoms with E-state index in [0.717, 1.165) is 27.5 Å². The summed E-state index contributed by atoms with van der Waals surface area (Å²) in [6.07, 6.45) is 0. The number of hydrogen-bond donors (Lipinski definition) is 0. The molecule has 0 aromatic heterocycles. The van der Waals surface area contributed by atoms with Gasteiger partial charge in [0.15, 0.2) is 5.78 Å². The second-order valence-electron chi connectivity index (χ2n) is 6.03. The zero-order valence-electron chi connectivity index (χ0n) is 12.2. The molecule has 1 nitrogen and oxygen atoms in total. The predicted molar refractivity (Wildman–Crippen MR) is 85.9 cm³/mol. The van der Waals surface area contributed by atoms with Gasteiger partial charge in [0.2, 0.25) is 0 Å². The molecule has 0 fully saturated rings. The van der Waals surface area contributed by atoms with Crippen LogP contribution in [0.15, 0.2) is 60.7 Å². The fourth-order valence-electron chi connectivity index (χ4n) is 3.51. The second-order valence-corrected chi connectivity index (χ2v) is 6.03. The highest BCUT2D eigenvalue weighted by molar-refractivity contribution is 6.21. The minimum atomic E-state index is -0.573. The number of aryl methyl sites for hydroxylation is 1. The zero-order valence-corrected chi connectivity index (χ0v) is 12.2. The third-order valence-corrected chi connectivity index (χ3v) is 4.77. The van der Waals surface area contributed by atoms with Crippen LogP contribution in [0.1, 0.15) is 34.0 Å². The Balaban J connectivity index is 2.07. The summed E-state index contributed by atoms with van der Waals surface area (Å²) in [6.45, 7) is 4.12. The minimum absolute atomic E-state index is 0.207. The predicted octanol–water partition coefficient (Wildman–Crippen LogP) is 4.65. The summed E-state index contributed by atoms with van der Waals surface area (Å²) in [5.74, 6) is 0.207. The largest absolute Gasteiger partial charge is 0.293 e. The Kier molecular flexibility index (Phi) is 2.38.